The summed E-state index contributed by atoms with van der Waals surface area (Å²) in [4.78, 5) is 25.2. The van der Waals surface area contributed by atoms with E-state index in [1.54, 1.807) is 0 Å². The van der Waals surface area contributed by atoms with Crippen molar-refractivity contribution in [2.45, 2.75) is 32.4 Å². The van der Waals surface area contributed by atoms with Gasteiger partial charge in [-0.1, -0.05) is 48.0 Å². The zero-order valence-corrected chi connectivity index (χ0v) is 21.9. The van der Waals surface area contributed by atoms with Crippen molar-refractivity contribution < 1.29 is 4.79 Å². The van der Waals surface area contributed by atoms with E-state index in [-0.39, 0.29) is 12.1 Å². The predicted molar refractivity (Wildman–Crippen MR) is 149 cm³/mol. The van der Waals surface area contributed by atoms with Crippen LogP contribution in [0.4, 0.5) is 10.5 Å². The van der Waals surface area contributed by atoms with Gasteiger partial charge in [0.1, 0.15) is 5.65 Å². The van der Waals surface area contributed by atoms with Crippen molar-refractivity contribution >= 4 is 29.0 Å². The van der Waals surface area contributed by atoms with Crippen molar-refractivity contribution in [3.63, 3.8) is 0 Å². The van der Waals surface area contributed by atoms with Crippen LogP contribution in [-0.4, -0.2) is 57.4 Å². The van der Waals surface area contributed by atoms with E-state index in [1.165, 1.54) is 5.69 Å². The fraction of sp³-hybridized carbons (Fsp3) is 0.333. The number of fused-ring (bicyclic) bond motifs is 3. The summed E-state index contributed by atoms with van der Waals surface area (Å²) in [7, 11) is 0. The summed E-state index contributed by atoms with van der Waals surface area (Å²) < 4.78 is 2.20. The summed E-state index contributed by atoms with van der Waals surface area (Å²) in [5.41, 5.74) is 5.14. The number of nitrogens with zero attached hydrogens (tertiary/aromatic N) is 5. The van der Waals surface area contributed by atoms with Crippen molar-refractivity contribution in [1.82, 2.24) is 19.2 Å². The average Bonchev–Trinajstić information content (AvgIpc) is 3.42. The summed E-state index contributed by atoms with van der Waals surface area (Å²) in [5, 5.41) is 0.721. The largest absolute Gasteiger partial charge is 0.324 e. The predicted octanol–water partition coefficient (Wildman–Crippen LogP) is 6.20. The van der Waals surface area contributed by atoms with Crippen LogP contribution in [0.5, 0.6) is 0 Å². The van der Waals surface area contributed by atoms with Crippen molar-refractivity contribution in [3.8, 4) is 11.3 Å². The molecule has 7 heteroatoms. The normalized spacial score (nSPS) is 19.8. The van der Waals surface area contributed by atoms with E-state index < -0.39 is 0 Å². The molecule has 37 heavy (non-hydrogen) atoms. The van der Waals surface area contributed by atoms with Crippen LogP contribution in [0, 0.1) is 5.92 Å². The van der Waals surface area contributed by atoms with E-state index in [4.69, 9.17) is 16.6 Å². The number of pyridine rings is 1. The maximum atomic E-state index is 13.7. The molecule has 2 atom stereocenters. The Bertz CT molecular complexity index is 1390. The van der Waals surface area contributed by atoms with E-state index in [0.29, 0.717) is 12.5 Å². The highest BCUT2D eigenvalue weighted by Gasteiger charge is 2.40. The molecular weight excluding hydrogens is 482 g/mol. The van der Waals surface area contributed by atoms with E-state index in [2.05, 4.69) is 39.5 Å². The highest BCUT2D eigenvalue weighted by atomic mass is 35.5. The summed E-state index contributed by atoms with van der Waals surface area (Å²) in [6.07, 6.45) is 4.27. The monoisotopic (exact) mass is 513 g/mol. The fourth-order valence-electron chi connectivity index (χ4n) is 5.97. The number of likely N-dealkylation sites (tertiary alicyclic amines) is 2. The van der Waals surface area contributed by atoms with Crippen molar-refractivity contribution in [2.24, 2.45) is 5.92 Å². The quantitative estimate of drug-likeness (QED) is 0.319. The minimum Gasteiger partial charge on any atom is -0.320 e. The molecule has 190 valence electrons. The lowest BCUT2D eigenvalue weighted by molar-refractivity contribution is 0.159. The lowest BCUT2D eigenvalue weighted by atomic mass is 10.0. The van der Waals surface area contributed by atoms with Gasteiger partial charge in [-0.25, -0.2) is 9.78 Å². The van der Waals surface area contributed by atoms with Crippen molar-refractivity contribution in [2.75, 3.05) is 31.1 Å². The highest BCUT2D eigenvalue weighted by molar-refractivity contribution is 6.30. The minimum absolute atomic E-state index is 0.125. The van der Waals surface area contributed by atoms with Crippen LogP contribution in [0.15, 0.2) is 79.0 Å². The first-order valence-electron chi connectivity index (χ1n) is 13.2. The molecule has 0 spiro atoms. The standard InChI is InChI=1S/C30H32ClN5O/c1-2-34(25-8-4-3-5-9-25)30(37)36-19-22-15-17-33(20-26(36)18-22)21-27-29(23-11-13-24(31)14-12-23)32-28-10-6-7-16-35(27)28/h3-14,16,22,26H,2,15,17-21H2,1H3. The third kappa shape index (κ3) is 4.72. The molecule has 0 aliphatic carbocycles. The van der Waals surface area contributed by atoms with Gasteiger partial charge in [0.05, 0.1) is 11.4 Å². The average molecular weight is 514 g/mol. The second-order valence-corrected chi connectivity index (χ2v) is 10.6. The molecule has 2 bridgehead atoms. The molecule has 0 radical (unpaired) electrons. The molecule has 0 N–H and O–H groups in total. The molecule has 6 nitrogen and oxygen atoms in total. The van der Waals surface area contributed by atoms with E-state index >= 15 is 0 Å². The fourth-order valence-corrected chi connectivity index (χ4v) is 6.09. The third-order valence-corrected chi connectivity index (χ3v) is 8.06. The molecular formula is C30H32ClN5O. The van der Waals surface area contributed by atoms with Crippen LogP contribution in [0.2, 0.25) is 5.02 Å². The van der Waals surface area contributed by atoms with Crippen LogP contribution < -0.4 is 4.90 Å². The van der Waals surface area contributed by atoms with Gasteiger partial charge in [-0.2, -0.15) is 0 Å². The van der Waals surface area contributed by atoms with E-state index in [1.807, 2.05) is 65.6 Å². The molecule has 2 aromatic carbocycles. The number of imidazole rings is 1. The van der Waals surface area contributed by atoms with Crippen LogP contribution in [0.25, 0.3) is 16.9 Å². The van der Waals surface area contributed by atoms with Gasteiger partial charge in [-0.05, 0) is 68.6 Å². The number of rotatable bonds is 5. The molecule has 2 amide bonds. The summed E-state index contributed by atoms with van der Waals surface area (Å²) >= 11 is 6.17. The lowest BCUT2D eigenvalue weighted by Crippen LogP contribution is -2.50. The summed E-state index contributed by atoms with van der Waals surface area (Å²) in [6, 6.07) is 24.4. The number of carbonyl (C=O) groups excluding carboxylic acids is 1. The topological polar surface area (TPSA) is 44.1 Å². The van der Waals surface area contributed by atoms with Gasteiger partial charge in [-0.15, -0.1) is 0 Å². The maximum Gasteiger partial charge on any atom is 0.324 e. The number of urea groups is 1. The number of hydrogen-bond donors (Lipinski definition) is 0. The van der Waals surface area contributed by atoms with E-state index in [0.717, 1.165) is 66.6 Å². The Kier molecular flexibility index (Phi) is 6.61. The first-order chi connectivity index (χ1) is 18.1. The molecule has 0 saturated carbocycles. The van der Waals surface area contributed by atoms with Crippen molar-refractivity contribution in [1.29, 1.82) is 0 Å². The van der Waals surface area contributed by atoms with Crippen LogP contribution >= 0.6 is 11.6 Å². The smallest absolute Gasteiger partial charge is 0.320 e. The van der Waals surface area contributed by atoms with Gasteiger partial charge in [-0.3, -0.25) is 9.80 Å². The summed E-state index contributed by atoms with van der Waals surface area (Å²) in [5.74, 6) is 0.548. The molecule has 2 fully saturated rings. The minimum atomic E-state index is 0.125. The first-order valence-corrected chi connectivity index (χ1v) is 13.6. The van der Waals surface area contributed by atoms with E-state index in [9.17, 15) is 4.79 Å². The lowest BCUT2D eigenvalue weighted by Gasteiger charge is -2.35. The van der Waals surface area contributed by atoms with Crippen LogP contribution in [0.3, 0.4) is 0 Å². The molecule has 4 heterocycles. The van der Waals surface area contributed by atoms with Gasteiger partial charge >= 0.3 is 6.03 Å². The number of carbonyl (C=O) groups is 1. The molecule has 2 saturated heterocycles. The second kappa shape index (κ2) is 10.2. The van der Waals surface area contributed by atoms with Crippen molar-refractivity contribution in [3.05, 3.63) is 89.7 Å². The summed E-state index contributed by atoms with van der Waals surface area (Å²) in [6.45, 7) is 6.24. The molecule has 6 rings (SSSR count). The number of halogens is 1. The van der Waals surface area contributed by atoms with Crippen LogP contribution in [0.1, 0.15) is 25.5 Å². The Morgan fingerprint density at radius 1 is 1.03 bits per heavy atom. The maximum absolute atomic E-state index is 13.7. The number of hydrogen-bond acceptors (Lipinski definition) is 3. The molecule has 4 aromatic rings. The van der Waals surface area contributed by atoms with Gasteiger partial charge < -0.3 is 9.30 Å². The third-order valence-electron chi connectivity index (χ3n) is 7.80. The Morgan fingerprint density at radius 2 is 1.81 bits per heavy atom. The number of benzene rings is 2. The molecule has 2 aliphatic heterocycles. The van der Waals surface area contributed by atoms with Gasteiger partial charge in [0.15, 0.2) is 0 Å². The first kappa shape index (κ1) is 24.0. The SMILES string of the molecule is CCN(C(=O)N1CC2CCN(Cc3c(-c4ccc(Cl)cc4)nc4ccccn34)CC1C2)c1ccccc1. The molecule has 2 aliphatic rings. The Labute approximate surface area is 223 Å². The Hall–Kier alpha value is -3.35. The number of amides is 2. The molecule has 2 unspecified atom stereocenters. The highest BCUT2D eigenvalue weighted by Crippen LogP contribution is 2.33. The Balaban J connectivity index is 1.26. The number of aromatic nitrogens is 2. The number of para-hydroxylation sites is 1. The Morgan fingerprint density at radius 3 is 2.59 bits per heavy atom. The zero-order chi connectivity index (χ0) is 25.4. The second-order valence-electron chi connectivity index (χ2n) is 10.1. The van der Waals surface area contributed by atoms with Gasteiger partial charge in [0.25, 0.3) is 0 Å². The molecule has 2 aromatic heterocycles. The zero-order valence-electron chi connectivity index (χ0n) is 21.1. The number of anilines is 1. The van der Waals surface area contributed by atoms with Gasteiger partial charge in [0.2, 0.25) is 0 Å². The van der Waals surface area contributed by atoms with Gasteiger partial charge in [0, 0.05) is 54.7 Å². The van der Waals surface area contributed by atoms with Crippen LogP contribution in [-0.2, 0) is 6.54 Å².